The molecule has 0 saturated heterocycles. The number of rotatable bonds is 5. The van der Waals surface area contributed by atoms with Crippen molar-refractivity contribution in [2.24, 2.45) is 0 Å². The fourth-order valence-corrected chi connectivity index (χ4v) is 1.82. The lowest BCUT2D eigenvalue weighted by atomic mass is 10.3. The number of anilines is 1. The van der Waals surface area contributed by atoms with Crippen LogP contribution in [-0.4, -0.2) is 22.4 Å². The average Bonchev–Trinajstić information content (AvgIpc) is 2.44. The first-order valence-corrected chi connectivity index (χ1v) is 6.96. The van der Waals surface area contributed by atoms with E-state index < -0.39 is 0 Å². The summed E-state index contributed by atoms with van der Waals surface area (Å²) in [5.41, 5.74) is 2.46. The second-order valence-corrected chi connectivity index (χ2v) is 5.22. The molecule has 0 bridgehead atoms. The van der Waals surface area contributed by atoms with Crippen LogP contribution in [0.15, 0.2) is 41.1 Å². The summed E-state index contributed by atoms with van der Waals surface area (Å²) in [6.07, 6.45) is 3.41. The fourth-order valence-electron chi connectivity index (χ4n) is 1.55. The summed E-state index contributed by atoms with van der Waals surface area (Å²) in [5, 5.41) is 5.83. The molecule has 1 aromatic heterocycles. The molecule has 0 atom stereocenters. The van der Waals surface area contributed by atoms with Crippen LogP contribution < -0.4 is 10.6 Å². The number of nitrogens with one attached hydrogen (secondary N) is 2. The standard InChI is InChI=1S/C14H15BrN4O/c1-10-6-18-13(8-17-10)7-16-9-14(20)19-12-4-2-11(15)3-5-12/h2-6,8,16H,7,9H2,1H3,(H,19,20). The van der Waals surface area contributed by atoms with E-state index in [4.69, 9.17) is 0 Å². The van der Waals surface area contributed by atoms with E-state index in [9.17, 15) is 4.79 Å². The molecule has 5 nitrogen and oxygen atoms in total. The molecule has 1 aromatic carbocycles. The van der Waals surface area contributed by atoms with Gasteiger partial charge in [0.2, 0.25) is 5.91 Å². The number of aromatic nitrogens is 2. The molecule has 0 aliphatic carbocycles. The Morgan fingerprint density at radius 3 is 2.60 bits per heavy atom. The molecular weight excluding hydrogens is 320 g/mol. The highest BCUT2D eigenvalue weighted by Gasteiger charge is 2.02. The predicted molar refractivity (Wildman–Crippen MR) is 81.2 cm³/mol. The number of nitrogens with zero attached hydrogens (tertiary/aromatic N) is 2. The van der Waals surface area contributed by atoms with Crippen molar-refractivity contribution in [3.8, 4) is 0 Å². The van der Waals surface area contributed by atoms with Crippen molar-refractivity contribution in [3.63, 3.8) is 0 Å². The van der Waals surface area contributed by atoms with Gasteiger partial charge >= 0.3 is 0 Å². The van der Waals surface area contributed by atoms with Gasteiger partial charge in [0.25, 0.3) is 0 Å². The molecule has 1 amide bonds. The van der Waals surface area contributed by atoms with E-state index in [1.54, 1.807) is 12.4 Å². The van der Waals surface area contributed by atoms with Gasteiger partial charge in [-0.05, 0) is 31.2 Å². The number of benzene rings is 1. The Labute approximate surface area is 126 Å². The summed E-state index contributed by atoms with van der Waals surface area (Å²) >= 11 is 3.35. The minimum atomic E-state index is -0.0904. The van der Waals surface area contributed by atoms with Crippen molar-refractivity contribution in [1.82, 2.24) is 15.3 Å². The lowest BCUT2D eigenvalue weighted by Gasteiger charge is -2.06. The van der Waals surface area contributed by atoms with Crippen LogP contribution >= 0.6 is 15.9 Å². The summed E-state index contributed by atoms with van der Waals surface area (Å²) in [6.45, 7) is 2.63. The average molecular weight is 335 g/mol. The van der Waals surface area contributed by atoms with Gasteiger partial charge in [-0.1, -0.05) is 15.9 Å². The summed E-state index contributed by atoms with van der Waals surface area (Å²) in [6, 6.07) is 7.44. The third-order valence-corrected chi connectivity index (χ3v) is 3.08. The zero-order chi connectivity index (χ0) is 14.4. The maximum atomic E-state index is 11.7. The maximum Gasteiger partial charge on any atom is 0.238 e. The molecule has 0 aliphatic heterocycles. The minimum Gasteiger partial charge on any atom is -0.325 e. The van der Waals surface area contributed by atoms with Gasteiger partial charge in [0, 0.05) is 29.1 Å². The summed E-state index contributed by atoms with van der Waals surface area (Å²) in [5.74, 6) is -0.0904. The van der Waals surface area contributed by atoms with Crippen LogP contribution in [0, 0.1) is 6.92 Å². The van der Waals surface area contributed by atoms with Crippen LogP contribution in [0.4, 0.5) is 5.69 Å². The largest absolute Gasteiger partial charge is 0.325 e. The molecule has 0 spiro atoms. The first kappa shape index (κ1) is 14.6. The lowest BCUT2D eigenvalue weighted by Crippen LogP contribution is -2.28. The zero-order valence-corrected chi connectivity index (χ0v) is 12.6. The van der Waals surface area contributed by atoms with Crippen molar-refractivity contribution in [2.75, 3.05) is 11.9 Å². The highest BCUT2D eigenvalue weighted by molar-refractivity contribution is 9.10. The number of carbonyl (C=O) groups is 1. The third kappa shape index (κ3) is 4.71. The second kappa shape index (κ2) is 7.12. The van der Waals surface area contributed by atoms with Gasteiger partial charge in [-0.2, -0.15) is 0 Å². The molecule has 6 heteroatoms. The van der Waals surface area contributed by atoms with Crippen LogP contribution in [0.25, 0.3) is 0 Å². The predicted octanol–water partition coefficient (Wildman–Crippen LogP) is 2.28. The number of hydrogen-bond acceptors (Lipinski definition) is 4. The molecule has 2 rings (SSSR count). The Hall–Kier alpha value is -1.79. The molecule has 2 N–H and O–H groups in total. The Bertz CT molecular complexity index is 569. The molecule has 0 radical (unpaired) electrons. The molecule has 0 unspecified atom stereocenters. The molecular formula is C14H15BrN4O. The Kier molecular flexibility index (Phi) is 5.20. The zero-order valence-electron chi connectivity index (χ0n) is 11.1. The minimum absolute atomic E-state index is 0.0904. The number of carbonyl (C=O) groups excluding carboxylic acids is 1. The van der Waals surface area contributed by atoms with Gasteiger partial charge in [-0.15, -0.1) is 0 Å². The van der Waals surface area contributed by atoms with E-state index in [-0.39, 0.29) is 12.5 Å². The molecule has 1 heterocycles. The number of halogens is 1. The van der Waals surface area contributed by atoms with Crippen molar-refractivity contribution in [2.45, 2.75) is 13.5 Å². The van der Waals surface area contributed by atoms with Crippen molar-refractivity contribution < 1.29 is 4.79 Å². The van der Waals surface area contributed by atoms with E-state index in [2.05, 4.69) is 36.5 Å². The number of aryl methyl sites for hydroxylation is 1. The molecule has 2 aromatic rings. The van der Waals surface area contributed by atoms with Crippen LogP contribution in [0.3, 0.4) is 0 Å². The van der Waals surface area contributed by atoms with E-state index in [1.807, 2.05) is 31.2 Å². The van der Waals surface area contributed by atoms with Gasteiger partial charge < -0.3 is 10.6 Å². The Balaban J connectivity index is 1.75. The smallest absolute Gasteiger partial charge is 0.238 e. The SMILES string of the molecule is Cc1cnc(CNCC(=O)Nc2ccc(Br)cc2)cn1. The molecule has 0 fully saturated rings. The van der Waals surface area contributed by atoms with E-state index >= 15 is 0 Å². The monoisotopic (exact) mass is 334 g/mol. The van der Waals surface area contributed by atoms with Gasteiger partial charge in [0.1, 0.15) is 0 Å². The lowest BCUT2D eigenvalue weighted by molar-refractivity contribution is -0.115. The van der Waals surface area contributed by atoms with Crippen molar-refractivity contribution >= 4 is 27.5 Å². The highest BCUT2D eigenvalue weighted by atomic mass is 79.9. The van der Waals surface area contributed by atoms with Crippen LogP contribution in [-0.2, 0) is 11.3 Å². The van der Waals surface area contributed by atoms with E-state index in [0.29, 0.717) is 6.54 Å². The summed E-state index contributed by atoms with van der Waals surface area (Å²) < 4.78 is 0.978. The molecule has 0 aliphatic rings. The topological polar surface area (TPSA) is 66.9 Å². The number of amides is 1. The van der Waals surface area contributed by atoms with Crippen LogP contribution in [0.1, 0.15) is 11.4 Å². The van der Waals surface area contributed by atoms with Crippen molar-refractivity contribution in [3.05, 3.63) is 52.5 Å². The second-order valence-electron chi connectivity index (χ2n) is 4.31. The third-order valence-electron chi connectivity index (χ3n) is 2.55. The van der Waals surface area contributed by atoms with Crippen LogP contribution in [0.5, 0.6) is 0 Å². The quantitative estimate of drug-likeness (QED) is 0.880. The van der Waals surface area contributed by atoms with Gasteiger partial charge in [0.15, 0.2) is 0 Å². The van der Waals surface area contributed by atoms with Crippen LogP contribution in [0.2, 0.25) is 0 Å². The van der Waals surface area contributed by atoms with E-state index in [1.165, 1.54) is 0 Å². The van der Waals surface area contributed by atoms with E-state index in [0.717, 1.165) is 21.5 Å². The summed E-state index contributed by atoms with van der Waals surface area (Å²) in [4.78, 5) is 20.1. The highest BCUT2D eigenvalue weighted by Crippen LogP contribution is 2.13. The number of hydrogen-bond donors (Lipinski definition) is 2. The molecule has 0 saturated carbocycles. The first-order valence-electron chi connectivity index (χ1n) is 6.17. The van der Waals surface area contributed by atoms with Gasteiger partial charge in [0.05, 0.1) is 17.9 Å². The van der Waals surface area contributed by atoms with Gasteiger partial charge in [-0.25, -0.2) is 0 Å². The summed E-state index contributed by atoms with van der Waals surface area (Å²) in [7, 11) is 0. The fraction of sp³-hybridized carbons (Fsp3) is 0.214. The maximum absolute atomic E-state index is 11.7. The van der Waals surface area contributed by atoms with Gasteiger partial charge in [-0.3, -0.25) is 14.8 Å². The first-order chi connectivity index (χ1) is 9.63. The Morgan fingerprint density at radius 1 is 1.20 bits per heavy atom. The Morgan fingerprint density at radius 2 is 1.95 bits per heavy atom. The normalized spacial score (nSPS) is 10.3. The molecule has 104 valence electrons. The molecule has 20 heavy (non-hydrogen) atoms. The van der Waals surface area contributed by atoms with Crippen molar-refractivity contribution in [1.29, 1.82) is 0 Å².